The quantitative estimate of drug-likeness (QED) is 0.197. The van der Waals surface area contributed by atoms with Gasteiger partial charge in [0.25, 0.3) is 0 Å². The molecule has 0 fully saturated rings. The highest BCUT2D eigenvalue weighted by Gasteiger charge is 1.97. The molecule has 5 N–H and O–H groups in total. The summed E-state index contributed by atoms with van der Waals surface area (Å²) in [5, 5.41) is 17.8. The van der Waals surface area contributed by atoms with Crippen molar-refractivity contribution in [3.05, 3.63) is 18.2 Å². The molecule has 4 nitrogen and oxygen atoms in total. The second kappa shape index (κ2) is 2.45. The minimum Gasteiger partial charge on any atom is -0.508 e. The number of nitrogens with one attached hydrogen (secondary N) is 1. The van der Waals surface area contributed by atoms with Crippen LogP contribution < -0.4 is 11.3 Å². The van der Waals surface area contributed by atoms with Gasteiger partial charge in [-0.1, -0.05) is 0 Å². The fraction of sp³-hybridized carbons (Fsp3) is 0. The molecule has 0 unspecified atom stereocenters. The highest BCUT2D eigenvalue weighted by molar-refractivity contribution is 5.57. The summed E-state index contributed by atoms with van der Waals surface area (Å²) in [5.74, 6) is 5.07. The number of phenols is 2. The summed E-state index contributed by atoms with van der Waals surface area (Å²) in [7, 11) is 0. The Morgan fingerprint density at radius 2 is 2.00 bits per heavy atom. The van der Waals surface area contributed by atoms with Gasteiger partial charge >= 0.3 is 0 Å². The molecule has 1 aromatic carbocycles. The maximum absolute atomic E-state index is 8.98. The number of hydrogen-bond acceptors (Lipinski definition) is 4. The highest BCUT2D eigenvalue weighted by Crippen LogP contribution is 2.25. The molecule has 1 aromatic rings. The summed E-state index contributed by atoms with van der Waals surface area (Å²) in [4.78, 5) is 0. The van der Waals surface area contributed by atoms with E-state index in [0.29, 0.717) is 5.69 Å². The van der Waals surface area contributed by atoms with Gasteiger partial charge in [0.05, 0.1) is 5.69 Å². The van der Waals surface area contributed by atoms with Crippen molar-refractivity contribution in [2.45, 2.75) is 0 Å². The molecule has 0 radical (unpaired) electrons. The topological polar surface area (TPSA) is 78.5 Å². The lowest BCUT2D eigenvalue weighted by atomic mass is 10.3. The fourth-order valence-electron chi connectivity index (χ4n) is 0.640. The van der Waals surface area contributed by atoms with Crippen LogP contribution in [0.2, 0.25) is 0 Å². The average Bonchev–Trinajstić information content (AvgIpc) is 1.94. The lowest BCUT2D eigenvalue weighted by molar-refractivity contribution is 0.462. The van der Waals surface area contributed by atoms with Gasteiger partial charge in [-0.2, -0.15) is 0 Å². The third kappa shape index (κ3) is 1.11. The van der Waals surface area contributed by atoms with Crippen LogP contribution in [-0.2, 0) is 0 Å². The van der Waals surface area contributed by atoms with Crippen LogP contribution in [0.5, 0.6) is 11.5 Å². The van der Waals surface area contributed by atoms with Crippen LogP contribution in [0.3, 0.4) is 0 Å². The molecule has 0 amide bonds. The number of aromatic hydroxyl groups is 2. The summed E-state index contributed by atoms with van der Waals surface area (Å²) in [5.41, 5.74) is 2.53. The summed E-state index contributed by atoms with van der Waals surface area (Å²) >= 11 is 0. The number of rotatable bonds is 1. The van der Waals surface area contributed by atoms with E-state index in [-0.39, 0.29) is 11.5 Å². The molecule has 0 spiro atoms. The van der Waals surface area contributed by atoms with E-state index in [1.165, 1.54) is 18.2 Å². The molecular formula is C6H8N2O2. The van der Waals surface area contributed by atoms with E-state index in [4.69, 9.17) is 16.1 Å². The van der Waals surface area contributed by atoms with Crippen LogP contribution in [0.1, 0.15) is 0 Å². The molecule has 1 rings (SSSR count). The maximum Gasteiger partial charge on any atom is 0.140 e. The first-order valence-electron chi connectivity index (χ1n) is 2.72. The third-order valence-electron chi connectivity index (χ3n) is 1.14. The zero-order valence-electron chi connectivity index (χ0n) is 5.20. The summed E-state index contributed by atoms with van der Waals surface area (Å²) in [6, 6.07) is 4.05. The largest absolute Gasteiger partial charge is 0.508 e. The number of phenolic OH excluding ortho intramolecular Hbond substituents is 2. The van der Waals surface area contributed by atoms with E-state index >= 15 is 0 Å². The van der Waals surface area contributed by atoms with Crippen molar-refractivity contribution in [2.75, 3.05) is 5.43 Å². The molecule has 0 atom stereocenters. The Bertz CT molecular complexity index is 237. The molecule has 0 aliphatic carbocycles. The van der Waals surface area contributed by atoms with Gasteiger partial charge in [-0.05, 0) is 12.1 Å². The molecule has 4 heteroatoms. The van der Waals surface area contributed by atoms with Crippen molar-refractivity contribution in [3.8, 4) is 11.5 Å². The van der Waals surface area contributed by atoms with Crippen LogP contribution >= 0.6 is 0 Å². The molecule has 0 saturated carbocycles. The Balaban J connectivity index is 3.09. The minimum atomic E-state index is 0.0142. The zero-order valence-corrected chi connectivity index (χ0v) is 5.20. The number of anilines is 1. The summed E-state index contributed by atoms with van der Waals surface area (Å²) in [6.45, 7) is 0. The normalized spacial score (nSPS) is 9.30. The van der Waals surface area contributed by atoms with Gasteiger partial charge in [0.2, 0.25) is 0 Å². The van der Waals surface area contributed by atoms with Crippen LogP contribution in [0.25, 0.3) is 0 Å². The van der Waals surface area contributed by atoms with Gasteiger partial charge in [-0.15, -0.1) is 0 Å². The summed E-state index contributed by atoms with van der Waals surface area (Å²) in [6.07, 6.45) is 0. The monoisotopic (exact) mass is 140 g/mol. The number of hydrogen-bond donors (Lipinski definition) is 4. The van der Waals surface area contributed by atoms with E-state index in [2.05, 4.69) is 5.43 Å². The maximum atomic E-state index is 8.98. The Morgan fingerprint density at radius 1 is 1.30 bits per heavy atom. The Labute approximate surface area is 57.9 Å². The minimum absolute atomic E-state index is 0.0142. The molecule has 0 heterocycles. The number of nitrogen functional groups attached to an aromatic ring is 1. The van der Waals surface area contributed by atoms with E-state index in [0.717, 1.165) is 0 Å². The molecule has 10 heavy (non-hydrogen) atoms. The molecule has 54 valence electrons. The van der Waals surface area contributed by atoms with E-state index in [1.54, 1.807) is 0 Å². The summed E-state index contributed by atoms with van der Waals surface area (Å²) < 4.78 is 0. The van der Waals surface area contributed by atoms with E-state index < -0.39 is 0 Å². The van der Waals surface area contributed by atoms with Gasteiger partial charge in [0.15, 0.2) is 0 Å². The smallest absolute Gasteiger partial charge is 0.140 e. The van der Waals surface area contributed by atoms with Gasteiger partial charge in [0.1, 0.15) is 11.5 Å². The van der Waals surface area contributed by atoms with E-state index in [9.17, 15) is 0 Å². The fourth-order valence-corrected chi connectivity index (χ4v) is 0.640. The molecule has 0 aliphatic rings. The van der Waals surface area contributed by atoms with Crippen molar-refractivity contribution in [2.24, 2.45) is 5.84 Å². The number of hydrazine groups is 1. The van der Waals surface area contributed by atoms with Crippen LogP contribution in [0.4, 0.5) is 5.69 Å². The second-order valence-electron chi connectivity index (χ2n) is 1.85. The van der Waals surface area contributed by atoms with Gasteiger partial charge in [0, 0.05) is 6.07 Å². The van der Waals surface area contributed by atoms with Crippen LogP contribution in [0.15, 0.2) is 18.2 Å². The number of nitrogens with two attached hydrogens (primary N) is 1. The van der Waals surface area contributed by atoms with Crippen LogP contribution in [0, 0.1) is 0 Å². The molecular weight excluding hydrogens is 132 g/mol. The van der Waals surface area contributed by atoms with E-state index in [1.807, 2.05) is 0 Å². The third-order valence-corrected chi connectivity index (χ3v) is 1.14. The second-order valence-corrected chi connectivity index (χ2v) is 1.85. The highest BCUT2D eigenvalue weighted by atomic mass is 16.3. The van der Waals surface area contributed by atoms with Crippen molar-refractivity contribution < 1.29 is 10.2 Å². The predicted octanol–water partition coefficient (Wildman–Crippen LogP) is 0.383. The molecule has 0 saturated heterocycles. The Morgan fingerprint density at radius 3 is 2.50 bits per heavy atom. The first kappa shape index (κ1) is 6.70. The first-order valence-corrected chi connectivity index (χ1v) is 2.72. The first-order chi connectivity index (χ1) is 4.74. The SMILES string of the molecule is NNc1cc(O)ccc1O. The standard InChI is InChI=1S/C6H8N2O2/c7-8-5-3-4(9)1-2-6(5)10/h1-3,8-10H,7H2. The Kier molecular flexibility index (Phi) is 1.64. The van der Waals surface area contributed by atoms with Gasteiger partial charge in [-0.25, -0.2) is 0 Å². The van der Waals surface area contributed by atoms with Crippen molar-refractivity contribution >= 4 is 5.69 Å². The molecule has 0 bridgehead atoms. The van der Waals surface area contributed by atoms with Gasteiger partial charge < -0.3 is 15.6 Å². The number of benzene rings is 1. The average molecular weight is 140 g/mol. The predicted molar refractivity (Wildman–Crippen MR) is 37.6 cm³/mol. The van der Waals surface area contributed by atoms with Gasteiger partial charge in [-0.3, -0.25) is 5.84 Å². The Hall–Kier alpha value is -1.42. The van der Waals surface area contributed by atoms with Crippen molar-refractivity contribution in [1.29, 1.82) is 0 Å². The lowest BCUT2D eigenvalue weighted by Gasteiger charge is -2.01. The zero-order chi connectivity index (χ0) is 7.56. The molecule has 0 aromatic heterocycles. The van der Waals surface area contributed by atoms with Crippen molar-refractivity contribution in [3.63, 3.8) is 0 Å². The van der Waals surface area contributed by atoms with Crippen molar-refractivity contribution in [1.82, 2.24) is 0 Å². The molecule has 0 aliphatic heterocycles. The lowest BCUT2D eigenvalue weighted by Crippen LogP contribution is -2.06. The van der Waals surface area contributed by atoms with Crippen LogP contribution in [-0.4, -0.2) is 10.2 Å².